The number of carbonyl (C=O) groups is 1. The lowest BCUT2D eigenvalue weighted by atomic mass is 10.0. The number of benzene rings is 1. The number of rotatable bonds is 4. The monoisotopic (exact) mass is 401 g/mol. The van der Waals surface area contributed by atoms with Gasteiger partial charge >= 0.3 is 6.18 Å². The topological polar surface area (TPSA) is 71.8 Å². The maximum Gasteiger partial charge on any atom is 0.416 e. The van der Waals surface area contributed by atoms with Gasteiger partial charge in [0.2, 0.25) is 0 Å². The number of hydrogen-bond donors (Lipinski definition) is 2. The Labute approximate surface area is 164 Å². The smallest absolute Gasteiger partial charge is 0.331 e. The summed E-state index contributed by atoms with van der Waals surface area (Å²) in [5.41, 5.74) is 2.23. The van der Waals surface area contributed by atoms with Gasteiger partial charge < -0.3 is 15.2 Å². The number of fused-ring (bicyclic) bond motifs is 1. The first-order valence-corrected chi connectivity index (χ1v) is 9.06. The highest BCUT2D eigenvalue weighted by Gasteiger charge is 2.30. The van der Waals surface area contributed by atoms with Crippen LogP contribution < -0.4 is 10.6 Å². The van der Waals surface area contributed by atoms with Crippen molar-refractivity contribution >= 4 is 11.7 Å². The summed E-state index contributed by atoms with van der Waals surface area (Å²) in [5, 5.41) is 5.93. The molecule has 0 unspecified atom stereocenters. The number of imidazole rings is 1. The van der Waals surface area contributed by atoms with Gasteiger partial charge in [0.1, 0.15) is 0 Å². The van der Waals surface area contributed by atoms with E-state index in [9.17, 15) is 18.0 Å². The molecule has 1 aliphatic rings. The van der Waals surface area contributed by atoms with Crippen molar-refractivity contribution in [1.82, 2.24) is 19.9 Å². The van der Waals surface area contributed by atoms with Crippen LogP contribution in [0.5, 0.6) is 0 Å². The number of nitrogens with zero attached hydrogens (tertiary/aromatic N) is 3. The van der Waals surface area contributed by atoms with Crippen LogP contribution in [0, 0.1) is 0 Å². The van der Waals surface area contributed by atoms with Crippen molar-refractivity contribution < 1.29 is 18.0 Å². The number of pyridine rings is 1. The van der Waals surface area contributed by atoms with Crippen LogP contribution in [0.1, 0.15) is 32.7 Å². The fourth-order valence-electron chi connectivity index (χ4n) is 3.22. The fraction of sp³-hybridized carbons (Fsp3) is 0.250. The minimum absolute atomic E-state index is 0.209. The summed E-state index contributed by atoms with van der Waals surface area (Å²) in [4.78, 5) is 20.9. The van der Waals surface area contributed by atoms with Gasteiger partial charge in [-0.05, 0) is 42.3 Å². The highest BCUT2D eigenvalue weighted by atomic mass is 19.4. The average Bonchev–Trinajstić information content (AvgIpc) is 3.13. The molecule has 3 aromatic rings. The Morgan fingerprint density at radius 1 is 1.24 bits per heavy atom. The van der Waals surface area contributed by atoms with E-state index in [0.717, 1.165) is 36.4 Å². The number of anilines is 1. The first-order valence-electron chi connectivity index (χ1n) is 9.06. The molecule has 0 saturated carbocycles. The van der Waals surface area contributed by atoms with E-state index in [2.05, 4.69) is 20.6 Å². The molecule has 0 radical (unpaired) electrons. The van der Waals surface area contributed by atoms with Gasteiger partial charge in [0.15, 0.2) is 5.82 Å². The Balaban J connectivity index is 1.44. The van der Waals surface area contributed by atoms with E-state index in [4.69, 9.17) is 0 Å². The summed E-state index contributed by atoms with van der Waals surface area (Å²) in [5.74, 6) is -0.00971. The summed E-state index contributed by atoms with van der Waals surface area (Å²) in [6.45, 7) is 1.75. The molecular formula is C20H18F3N5O. The van der Waals surface area contributed by atoms with Gasteiger partial charge in [-0.2, -0.15) is 13.2 Å². The number of aromatic nitrogens is 3. The standard InChI is InChI=1S/C20H18F3N5O/c21-20(22,23)16-3-1-2-13(6-16)10-28-11-18(26-12-28)27-19(29)15-7-14-4-5-24-9-17(14)25-8-15/h1-3,6-8,11-12,24H,4-5,9-10H2,(H,27,29). The minimum atomic E-state index is -4.39. The van der Waals surface area contributed by atoms with Crippen LogP contribution in [0.3, 0.4) is 0 Å². The highest BCUT2D eigenvalue weighted by Crippen LogP contribution is 2.29. The summed E-state index contributed by atoms with van der Waals surface area (Å²) < 4.78 is 40.1. The predicted octanol–water partition coefficient (Wildman–Crippen LogP) is 3.24. The molecule has 0 bridgehead atoms. The third-order valence-corrected chi connectivity index (χ3v) is 4.68. The Morgan fingerprint density at radius 3 is 2.93 bits per heavy atom. The number of nitrogens with one attached hydrogen (secondary N) is 2. The largest absolute Gasteiger partial charge is 0.416 e. The molecule has 29 heavy (non-hydrogen) atoms. The zero-order chi connectivity index (χ0) is 20.4. The SMILES string of the molecule is O=C(Nc1cn(Cc2cccc(C(F)(F)F)c2)cn1)c1cnc2c(c1)CCNC2. The molecule has 1 amide bonds. The number of amides is 1. The normalized spacial score (nSPS) is 13.8. The third-order valence-electron chi connectivity index (χ3n) is 4.68. The molecule has 0 fully saturated rings. The van der Waals surface area contributed by atoms with Crippen LogP contribution in [0.2, 0.25) is 0 Å². The molecule has 1 aliphatic heterocycles. The van der Waals surface area contributed by atoms with Crippen LogP contribution in [0.25, 0.3) is 0 Å². The second kappa shape index (κ2) is 7.67. The number of alkyl halides is 3. The lowest BCUT2D eigenvalue weighted by molar-refractivity contribution is -0.137. The van der Waals surface area contributed by atoms with E-state index in [1.54, 1.807) is 16.8 Å². The molecule has 1 aromatic carbocycles. The van der Waals surface area contributed by atoms with Crippen molar-refractivity contribution in [1.29, 1.82) is 0 Å². The predicted molar refractivity (Wildman–Crippen MR) is 100 cm³/mol. The van der Waals surface area contributed by atoms with Crippen LogP contribution >= 0.6 is 0 Å². The van der Waals surface area contributed by atoms with E-state index < -0.39 is 11.7 Å². The number of halogens is 3. The highest BCUT2D eigenvalue weighted by molar-refractivity contribution is 6.03. The second-order valence-electron chi connectivity index (χ2n) is 6.84. The molecule has 0 atom stereocenters. The molecule has 4 rings (SSSR count). The molecule has 0 spiro atoms. The van der Waals surface area contributed by atoms with Crippen molar-refractivity contribution in [3.05, 3.63) is 77.0 Å². The van der Waals surface area contributed by atoms with Gasteiger partial charge in [0.25, 0.3) is 5.91 Å². The Bertz CT molecular complexity index is 1040. The van der Waals surface area contributed by atoms with Gasteiger partial charge in [-0.25, -0.2) is 4.98 Å². The number of hydrogen-bond acceptors (Lipinski definition) is 4. The van der Waals surface area contributed by atoms with Gasteiger partial charge in [-0.1, -0.05) is 12.1 Å². The van der Waals surface area contributed by atoms with Crippen molar-refractivity contribution in [2.24, 2.45) is 0 Å². The lowest BCUT2D eigenvalue weighted by Crippen LogP contribution is -2.25. The Kier molecular flexibility index (Phi) is 5.06. The Morgan fingerprint density at radius 2 is 2.10 bits per heavy atom. The van der Waals surface area contributed by atoms with Crippen molar-refractivity contribution in [2.75, 3.05) is 11.9 Å². The van der Waals surface area contributed by atoms with Crippen LogP contribution in [-0.2, 0) is 25.7 Å². The first kappa shape index (κ1) is 19.1. The van der Waals surface area contributed by atoms with Gasteiger partial charge in [0.05, 0.1) is 23.1 Å². The molecule has 0 saturated heterocycles. The van der Waals surface area contributed by atoms with Crippen molar-refractivity contribution in [2.45, 2.75) is 25.7 Å². The van der Waals surface area contributed by atoms with Gasteiger partial charge in [-0.15, -0.1) is 0 Å². The molecule has 9 heteroatoms. The van der Waals surface area contributed by atoms with Crippen LogP contribution in [0.15, 0.2) is 49.1 Å². The lowest BCUT2D eigenvalue weighted by Gasteiger charge is -2.16. The summed E-state index contributed by atoms with van der Waals surface area (Å²) in [6, 6.07) is 6.95. The molecule has 2 aromatic heterocycles. The van der Waals surface area contributed by atoms with Crippen LogP contribution in [0.4, 0.5) is 19.0 Å². The van der Waals surface area contributed by atoms with Crippen LogP contribution in [-0.4, -0.2) is 27.0 Å². The fourth-order valence-corrected chi connectivity index (χ4v) is 3.22. The zero-order valence-electron chi connectivity index (χ0n) is 15.3. The minimum Gasteiger partial charge on any atom is -0.331 e. The molecule has 3 heterocycles. The molecule has 6 nitrogen and oxygen atoms in total. The molecular weight excluding hydrogens is 383 g/mol. The average molecular weight is 401 g/mol. The van der Waals surface area contributed by atoms with Gasteiger partial charge in [0, 0.05) is 25.5 Å². The first-order chi connectivity index (χ1) is 13.9. The second-order valence-corrected chi connectivity index (χ2v) is 6.84. The number of carbonyl (C=O) groups excluding carboxylic acids is 1. The maximum atomic E-state index is 12.8. The summed E-state index contributed by atoms with van der Waals surface area (Å²) in [6.07, 6.45) is 0.999. The molecule has 2 N–H and O–H groups in total. The van der Waals surface area contributed by atoms with Crippen molar-refractivity contribution in [3.8, 4) is 0 Å². The van der Waals surface area contributed by atoms with Crippen molar-refractivity contribution in [3.63, 3.8) is 0 Å². The quantitative estimate of drug-likeness (QED) is 0.704. The van der Waals surface area contributed by atoms with E-state index in [1.807, 2.05) is 6.07 Å². The molecule has 150 valence electrons. The van der Waals surface area contributed by atoms with E-state index in [0.29, 0.717) is 23.5 Å². The van der Waals surface area contributed by atoms with E-state index in [-0.39, 0.29) is 12.5 Å². The third kappa shape index (κ3) is 4.45. The van der Waals surface area contributed by atoms with E-state index >= 15 is 0 Å². The zero-order valence-corrected chi connectivity index (χ0v) is 15.3. The van der Waals surface area contributed by atoms with Gasteiger partial charge in [-0.3, -0.25) is 9.78 Å². The maximum absolute atomic E-state index is 12.8. The summed E-state index contributed by atoms with van der Waals surface area (Å²) >= 11 is 0. The summed E-state index contributed by atoms with van der Waals surface area (Å²) in [7, 11) is 0. The Hall–Kier alpha value is -3.20. The molecule has 0 aliphatic carbocycles. The van der Waals surface area contributed by atoms with E-state index in [1.165, 1.54) is 18.6 Å².